The van der Waals surface area contributed by atoms with Gasteiger partial charge in [0.05, 0.1) is 17.7 Å². The number of nitrogens with two attached hydrogens (primary N) is 1. The van der Waals surface area contributed by atoms with Crippen LogP contribution in [-0.4, -0.2) is 18.6 Å². The molecule has 0 aromatic heterocycles. The van der Waals surface area contributed by atoms with E-state index in [1.807, 2.05) is 20.8 Å². The van der Waals surface area contributed by atoms with Crippen LogP contribution in [0.15, 0.2) is 17.7 Å². The number of carbonyl (C=O) groups is 1. The normalized spacial score (nSPS) is 11.1. The average Bonchev–Trinajstić information content (AvgIpc) is 2.39. The number of hydrogen-bond donors (Lipinski definition) is 1. The minimum absolute atomic E-state index is 0.0663. The molecule has 112 valence electrons. The Morgan fingerprint density at radius 3 is 2.67 bits per heavy atom. The van der Waals surface area contributed by atoms with Crippen molar-refractivity contribution < 1.29 is 14.3 Å². The molecular formula is C15H17ClN2O3. The third-order valence-electron chi connectivity index (χ3n) is 2.38. The first kappa shape index (κ1) is 16.9. The molecule has 0 saturated heterocycles. The van der Waals surface area contributed by atoms with E-state index in [0.29, 0.717) is 28.7 Å². The van der Waals surface area contributed by atoms with Gasteiger partial charge < -0.3 is 15.2 Å². The lowest BCUT2D eigenvalue weighted by atomic mass is 10.1. The minimum atomic E-state index is -0.797. The lowest BCUT2D eigenvalue weighted by Gasteiger charge is -2.16. The van der Waals surface area contributed by atoms with Crippen molar-refractivity contribution in [3.63, 3.8) is 0 Å². The van der Waals surface area contributed by atoms with Gasteiger partial charge in [-0.25, -0.2) is 0 Å². The number of benzene rings is 1. The summed E-state index contributed by atoms with van der Waals surface area (Å²) in [7, 11) is 0. The Kier molecular flexibility index (Phi) is 6.07. The van der Waals surface area contributed by atoms with Crippen molar-refractivity contribution in [2.75, 3.05) is 6.61 Å². The zero-order chi connectivity index (χ0) is 16.0. The standard InChI is InChI=1S/C15H17ClN2O3/c1-4-20-13-7-10(5-11(8-17)15(18)19)6-12(16)14(13)21-9(2)3/h5-7,9H,4H2,1-3H3,(H2,18,19)/b11-5+. The van der Waals surface area contributed by atoms with Crippen molar-refractivity contribution in [3.8, 4) is 17.6 Å². The number of rotatable bonds is 6. The van der Waals surface area contributed by atoms with Crippen LogP contribution in [0.25, 0.3) is 6.08 Å². The van der Waals surface area contributed by atoms with Crippen molar-refractivity contribution >= 4 is 23.6 Å². The first-order chi connectivity index (χ1) is 9.88. The highest BCUT2D eigenvalue weighted by molar-refractivity contribution is 6.32. The highest BCUT2D eigenvalue weighted by Gasteiger charge is 2.14. The van der Waals surface area contributed by atoms with E-state index >= 15 is 0 Å². The largest absolute Gasteiger partial charge is 0.490 e. The van der Waals surface area contributed by atoms with Crippen LogP contribution in [0.2, 0.25) is 5.02 Å². The van der Waals surface area contributed by atoms with Crippen molar-refractivity contribution in [2.24, 2.45) is 5.73 Å². The number of hydrogen-bond acceptors (Lipinski definition) is 4. The van der Waals surface area contributed by atoms with Crippen LogP contribution >= 0.6 is 11.6 Å². The molecular weight excluding hydrogens is 292 g/mol. The van der Waals surface area contributed by atoms with Gasteiger partial charge in [-0.2, -0.15) is 5.26 Å². The predicted molar refractivity (Wildman–Crippen MR) is 81.2 cm³/mol. The average molecular weight is 309 g/mol. The SMILES string of the molecule is CCOc1cc(/C=C(\C#N)C(N)=O)cc(Cl)c1OC(C)C. The van der Waals surface area contributed by atoms with Gasteiger partial charge in [-0.15, -0.1) is 0 Å². The first-order valence-corrected chi connectivity index (χ1v) is 6.81. The summed E-state index contributed by atoms with van der Waals surface area (Å²) in [5.74, 6) is 0.0871. The second-order valence-corrected chi connectivity index (χ2v) is 4.87. The van der Waals surface area contributed by atoms with Crippen molar-refractivity contribution in [1.29, 1.82) is 5.26 Å². The molecule has 0 aliphatic heterocycles. The zero-order valence-corrected chi connectivity index (χ0v) is 12.9. The van der Waals surface area contributed by atoms with Crippen molar-refractivity contribution in [1.82, 2.24) is 0 Å². The van der Waals surface area contributed by atoms with Crippen LogP contribution in [0.5, 0.6) is 11.5 Å². The molecule has 0 fully saturated rings. The molecule has 0 radical (unpaired) electrons. The Morgan fingerprint density at radius 2 is 2.19 bits per heavy atom. The summed E-state index contributed by atoms with van der Waals surface area (Å²) in [6, 6.07) is 4.97. The molecule has 5 nitrogen and oxygen atoms in total. The maximum atomic E-state index is 11.1. The molecule has 0 saturated carbocycles. The summed E-state index contributed by atoms with van der Waals surface area (Å²) in [5, 5.41) is 9.20. The molecule has 1 aromatic rings. The van der Waals surface area contributed by atoms with Gasteiger partial charge in [0.25, 0.3) is 5.91 Å². The Balaban J connectivity index is 3.33. The molecule has 0 bridgehead atoms. The molecule has 1 aromatic carbocycles. The minimum Gasteiger partial charge on any atom is -0.490 e. The number of carbonyl (C=O) groups excluding carboxylic acids is 1. The van der Waals surface area contributed by atoms with Crippen LogP contribution in [0, 0.1) is 11.3 Å². The number of nitriles is 1. The Morgan fingerprint density at radius 1 is 1.52 bits per heavy atom. The summed E-state index contributed by atoms with van der Waals surface area (Å²) < 4.78 is 11.1. The maximum Gasteiger partial charge on any atom is 0.259 e. The number of ether oxygens (including phenoxy) is 2. The van der Waals surface area contributed by atoms with Crippen LogP contribution in [0.3, 0.4) is 0 Å². The van der Waals surface area contributed by atoms with Crippen molar-refractivity contribution in [2.45, 2.75) is 26.9 Å². The summed E-state index contributed by atoms with van der Waals surface area (Å²) in [4.78, 5) is 11.1. The topological polar surface area (TPSA) is 85.3 Å². The van der Waals surface area contributed by atoms with E-state index in [9.17, 15) is 4.79 Å². The van der Waals surface area contributed by atoms with Crippen LogP contribution < -0.4 is 15.2 Å². The number of primary amides is 1. The predicted octanol–water partition coefficient (Wildman–Crippen LogP) is 2.92. The first-order valence-electron chi connectivity index (χ1n) is 6.43. The Labute approximate surface area is 128 Å². The molecule has 0 atom stereocenters. The second kappa shape index (κ2) is 7.55. The summed E-state index contributed by atoms with van der Waals surface area (Å²) in [6.45, 7) is 6.01. The third-order valence-corrected chi connectivity index (χ3v) is 2.66. The van der Waals surface area contributed by atoms with Gasteiger partial charge in [-0.05, 0) is 44.5 Å². The lowest BCUT2D eigenvalue weighted by Crippen LogP contribution is -2.12. The van der Waals surface area contributed by atoms with Gasteiger partial charge in [0.15, 0.2) is 11.5 Å². The zero-order valence-electron chi connectivity index (χ0n) is 12.1. The van der Waals surface area contributed by atoms with Gasteiger partial charge in [-0.1, -0.05) is 11.6 Å². The summed E-state index contributed by atoms with van der Waals surface area (Å²) in [5.41, 5.74) is 5.48. The molecule has 0 aliphatic rings. The van der Waals surface area contributed by atoms with E-state index in [4.69, 9.17) is 32.1 Å². The molecule has 2 N–H and O–H groups in total. The molecule has 0 unspecified atom stereocenters. The monoisotopic (exact) mass is 308 g/mol. The molecule has 1 rings (SSSR count). The van der Waals surface area contributed by atoms with Crippen LogP contribution in [-0.2, 0) is 4.79 Å². The molecule has 6 heteroatoms. The third kappa shape index (κ3) is 4.69. The maximum absolute atomic E-state index is 11.1. The van der Waals surface area contributed by atoms with E-state index in [1.54, 1.807) is 18.2 Å². The number of amides is 1. The fourth-order valence-electron chi connectivity index (χ4n) is 1.61. The second-order valence-electron chi connectivity index (χ2n) is 4.46. The van der Waals surface area contributed by atoms with E-state index in [-0.39, 0.29) is 11.7 Å². The van der Waals surface area contributed by atoms with E-state index in [2.05, 4.69) is 0 Å². The Hall–Kier alpha value is -2.19. The molecule has 21 heavy (non-hydrogen) atoms. The van der Waals surface area contributed by atoms with Gasteiger partial charge in [0.2, 0.25) is 0 Å². The molecule has 0 aliphatic carbocycles. The summed E-state index contributed by atoms with van der Waals surface area (Å²) in [6.07, 6.45) is 1.29. The van der Waals surface area contributed by atoms with E-state index in [1.165, 1.54) is 6.08 Å². The van der Waals surface area contributed by atoms with E-state index in [0.717, 1.165) is 0 Å². The summed E-state index contributed by atoms with van der Waals surface area (Å²) >= 11 is 6.19. The quantitative estimate of drug-likeness (QED) is 0.646. The molecule has 1 amide bonds. The van der Waals surface area contributed by atoms with Gasteiger partial charge in [0, 0.05) is 0 Å². The van der Waals surface area contributed by atoms with Crippen LogP contribution in [0.1, 0.15) is 26.3 Å². The van der Waals surface area contributed by atoms with Crippen molar-refractivity contribution in [3.05, 3.63) is 28.3 Å². The van der Waals surface area contributed by atoms with Gasteiger partial charge in [-0.3, -0.25) is 4.79 Å². The Bertz CT molecular complexity index is 604. The molecule has 0 spiro atoms. The number of halogens is 1. The number of nitrogens with zero attached hydrogens (tertiary/aromatic N) is 1. The van der Waals surface area contributed by atoms with E-state index < -0.39 is 5.91 Å². The highest BCUT2D eigenvalue weighted by Crippen LogP contribution is 2.37. The highest BCUT2D eigenvalue weighted by atomic mass is 35.5. The lowest BCUT2D eigenvalue weighted by molar-refractivity contribution is -0.114. The molecule has 0 heterocycles. The van der Waals surface area contributed by atoms with Gasteiger partial charge >= 0.3 is 0 Å². The van der Waals surface area contributed by atoms with Crippen LogP contribution in [0.4, 0.5) is 0 Å². The fraction of sp³-hybridized carbons (Fsp3) is 0.333. The fourth-order valence-corrected chi connectivity index (χ4v) is 1.87. The van der Waals surface area contributed by atoms with Gasteiger partial charge in [0.1, 0.15) is 11.6 Å². The smallest absolute Gasteiger partial charge is 0.259 e.